The van der Waals surface area contributed by atoms with Gasteiger partial charge in [-0.05, 0) is 43.7 Å². The molecule has 34 heavy (non-hydrogen) atoms. The number of aryl methyl sites for hydroxylation is 2. The van der Waals surface area contributed by atoms with Gasteiger partial charge in [-0.3, -0.25) is 14.4 Å². The molecule has 1 aliphatic rings. The number of hydrogen-bond donors (Lipinski definition) is 1. The quantitative estimate of drug-likeness (QED) is 0.337. The zero-order valence-corrected chi connectivity index (χ0v) is 20.9. The Morgan fingerprint density at radius 2 is 1.88 bits per heavy atom. The standard InChI is InChI=1S/C25H21Cl2N5OS/c1-3-17-12-18-23(15-8-10-16(26)11-9-15)29-21(24-31-30-14(2)32(24)25(18)34-17)13-22(33)28-20-7-5-4-6-19(20)27/h4-12,21H,3,13H2,1-2H3,(H,28,33). The summed E-state index contributed by atoms with van der Waals surface area (Å²) < 4.78 is 2.03. The topological polar surface area (TPSA) is 72.2 Å². The van der Waals surface area contributed by atoms with Gasteiger partial charge in [0.25, 0.3) is 0 Å². The fraction of sp³-hybridized carbons (Fsp3) is 0.200. The molecule has 0 radical (unpaired) electrons. The van der Waals surface area contributed by atoms with E-state index >= 15 is 0 Å². The Balaban J connectivity index is 1.60. The molecule has 2 aromatic heterocycles. The number of benzene rings is 2. The van der Waals surface area contributed by atoms with Crippen molar-refractivity contribution in [1.82, 2.24) is 14.8 Å². The summed E-state index contributed by atoms with van der Waals surface area (Å²) in [7, 11) is 0. The van der Waals surface area contributed by atoms with Crippen LogP contribution in [-0.4, -0.2) is 26.4 Å². The lowest BCUT2D eigenvalue weighted by molar-refractivity contribution is -0.116. The molecule has 2 aromatic carbocycles. The van der Waals surface area contributed by atoms with Crippen molar-refractivity contribution in [2.75, 3.05) is 5.32 Å². The number of fused-ring (bicyclic) bond motifs is 3. The van der Waals surface area contributed by atoms with E-state index in [4.69, 9.17) is 28.2 Å². The highest BCUT2D eigenvalue weighted by Gasteiger charge is 2.31. The molecule has 4 aromatic rings. The first-order valence-electron chi connectivity index (χ1n) is 10.9. The van der Waals surface area contributed by atoms with Crippen LogP contribution in [0.1, 0.15) is 47.0 Å². The maximum Gasteiger partial charge on any atom is 0.227 e. The SMILES string of the molecule is CCc1cc2c(s1)-n1c(C)nnc1C(CC(=O)Nc1ccccc1Cl)N=C2c1ccc(Cl)cc1. The zero-order valence-electron chi connectivity index (χ0n) is 18.5. The van der Waals surface area contributed by atoms with Crippen LogP contribution in [0.15, 0.2) is 59.6 Å². The summed E-state index contributed by atoms with van der Waals surface area (Å²) in [5.74, 6) is 1.19. The van der Waals surface area contributed by atoms with Crippen LogP contribution in [0, 0.1) is 6.92 Å². The number of nitrogens with zero attached hydrogens (tertiary/aromatic N) is 4. The van der Waals surface area contributed by atoms with Crippen LogP contribution in [-0.2, 0) is 11.2 Å². The number of hydrogen-bond acceptors (Lipinski definition) is 5. The van der Waals surface area contributed by atoms with E-state index in [1.165, 1.54) is 4.88 Å². The van der Waals surface area contributed by atoms with Gasteiger partial charge in [0.05, 0.1) is 22.8 Å². The molecule has 1 N–H and O–H groups in total. The van der Waals surface area contributed by atoms with Gasteiger partial charge >= 0.3 is 0 Å². The van der Waals surface area contributed by atoms with Gasteiger partial charge in [0.1, 0.15) is 16.9 Å². The van der Waals surface area contributed by atoms with Gasteiger partial charge in [0, 0.05) is 21.0 Å². The molecule has 1 amide bonds. The van der Waals surface area contributed by atoms with Gasteiger partial charge in [0.2, 0.25) is 5.91 Å². The van der Waals surface area contributed by atoms with E-state index in [1.807, 2.05) is 47.9 Å². The third kappa shape index (κ3) is 4.27. The smallest absolute Gasteiger partial charge is 0.227 e. The number of rotatable bonds is 5. The Bertz CT molecular complexity index is 1410. The van der Waals surface area contributed by atoms with Crippen molar-refractivity contribution >= 4 is 51.8 Å². The van der Waals surface area contributed by atoms with E-state index in [-0.39, 0.29) is 12.3 Å². The molecule has 1 aliphatic heterocycles. The minimum Gasteiger partial charge on any atom is -0.325 e. The first-order chi connectivity index (χ1) is 16.4. The number of aliphatic imine (C=N–C) groups is 1. The molecule has 0 saturated carbocycles. The summed E-state index contributed by atoms with van der Waals surface area (Å²) in [5.41, 5.74) is 3.30. The highest BCUT2D eigenvalue weighted by Crippen LogP contribution is 2.37. The molecule has 3 heterocycles. The second-order valence-corrected chi connectivity index (χ2v) is 9.92. The van der Waals surface area contributed by atoms with Crippen LogP contribution in [0.4, 0.5) is 5.69 Å². The highest BCUT2D eigenvalue weighted by molar-refractivity contribution is 7.15. The highest BCUT2D eigenvalue weighted by atomic mass is 35.5. The van der Waals surface area contributed by atoms with Crippen LogP contribution in [0.2, 0.25) is 10.0 Å². The van der Waals surface area contributed by atoms with Crippen molar-refractivity contribution in [3.8, 4) is 5.00 Å². The van der Waals surface area contributed by atoms with Gasteiger partial charge in [-0.1, -0.05) is 54.4 Å². The lowest BCUT2D eigenvalue weighted by Gasteiger charge is -2.13. The minimum absolute atomic E-state index is 0.0933. The number of thiophene rings is 1. The second kappa shape index (κ2) is 9.33. The summed E-state index contributed by atoms with van der Waals surface area (Å²) in [6.07, 6.45) is 1.00. The van der Waals surface area contributed by atoms with Crippen LogP contribution < -0.4 is 5.32 Å². The normalized spacial score (nSPS) is 14.7. The third-order valence-electron chi connectivity index (χ3n) is 5.65. The number of para-hydroxylation sites is 1. The summed E-state index contributed by atoms with van der Waals surface area (Å²) in [6, 6.07) is 16.4. The molecule has 0 bridgehead atoms. The Morgan fingerprint density at radius 1 is 1.12 bits per heavy atom. The number of carbonyl (C=O) groups excluding carboxylic acids is 1. The van der Waals surface area contributed by atoms with E-state index in [1.54, 1.807) is 23.5 Å². The number of anilines is 1. The van der Waals surface area contributed by atoms with Crippen molar-refractivity contribution in [2.45, 2.75) is 32.7 Å². The lowest BCUT2D eigenvalue weighted by atomic mass is 10.0. The van der Waals surface area contributed by atoms with Crippen LogP contribution in [0.5, 0.6) is 0 Å². The van der Waals surface area contributed by atoms with Gasteiger partial charge in [-0.25, -0.2) is 0 Å². The molecular weight excluding hydrogens is 489 g/mol. The molecule has 0 aliphatic carbocycles. The fourth-order valence-electron chi connectivity index (χ4n) is 3.98. The number of carbonyl (C=O) groups is 1. The molecule has 0 saturated heterocycles. The van der Waals surface area contributed by atoms with Crippen LogP contribution in [0.25, 0.3) is 5.00 Å². The number of nitrogens with one attached hydrogen (secondary N) is 1. The maximum absolute atomic E-state index is 13.0. The largest absolute Gasteiger partial charge is 0.325 e. The summed E-state index contributed by atoms with van der Waals surface area (Å²) >= 11 is 14.1. The molecule has 1 atom stereocenters. The molecule has 0 spiro atoms. The molecule has 5 rings (SSSR count). The van der Waals surface area contributed by atoms with Gasteiger partial charge in [-0.2, -0.15) is 0 Å². The van der Waals surface area contributed by atoms with Crippen LogP contribution >= 0.6 is 34.5 Å². The van der Waals surface area contributed by atoms with E-state index in [2.05, 4.69) is 28.5 Å². The molecule has 9 heteroatoms. The van der Waals surface area contributed by atoms with Crippen molar-refractivity contribution < 1.29 is 4.79 Å². The molecular formula is C25H21Cl2N5OS. The Morgan fingerprint density at radius 3 is 2.62 bits per heavy atom. The Hall–Kier alpha value is -3.00. The van der Waals surface area contributed by atoms with Crippen molar-refractivity contribution in [3.63, 3.8) is 0 Å². The molecule has 0 fully saturated rings. The summed E-state index contributed by atoms with van der Waals surface area (Å²) in [4.78, 5) is 19.4. The van der Waals surface area contributed by atoms with E-state index in [0.29, 0.717) is 21.6 Å². The van der Waals surface area contributed by atoms with Crippen LogP contribution in [0.3, 0.4) is 0 Å². The maximum atomic E-state index is 13.0. The number of amides is 1. The van der Waals surface area contributed by atoms with Crippen molar-refractivity contribution in [3.05, 3.63) is 92.3 Å². The van der Waals surface area contributed by atoms with Crippen molar-refractivity contribution in [2.24, 2.45) is 4.99 Å². The number of halogens is 2. The predicted octanol–water partition coefficient (Wildman–Crippen LogP) is 6.43. The molecule has 1 unspecified atom stereocenters. The average molecular weight is 510 g/mol. The monoisotopic (exact) mass is 509 g/mol. The lowest BCUT2D eigenvalue weighted by Crippen LogP contribution is -2.17. The van der Waals surface area contributed by atoms with Gasteiger partial charge in [-0.15, -0.1) is 21.5 Å². The fourth-order valence-corrected chi connectivity index (χ4v) is 5.44. The Labute approximate surface area is 211 Å². The first-order valence-corrected chi connectivity index (χ1v) is 12.4. The zero-order chi connectivity index (χ0) is 23.8. The number of aromatic nitrogens is 3. The average Bonchev–Trinajstić information content (AvgIpc) is 3.39. The predicted molar refractivity (Wildman–Crippen MR) is 138 cm³/mol. The third-order valence-corrected chi connectivity index (χ3v) is 7.49. The van der Waals surface area contributed by atoms with Crippen molar-refractivity contribution in [1.29, 1.82) is 0 Å². The van der Waals surface area contributed by atoms with E-state index in [0.717, 1.165) is 34.1 Å². The molecule has 6 nitrogen and oxygen atoms in total. The van der Waals surface area contributed by atoms with Gasteiger partial charge in [0.15, 0.2) is 5.82 Å². The van der Waals surface area contributed by atoms with E-state index in [9.17, 15) is 4.79 Å². The summed E-state index contributed by atoms with van der Waals surface area (Å²) in [5, 5.41) is 13.8. The first kappa shape index (κ1) is 22.8. The Kier molecular flexibility index (Phi) is 6.25. The molecule has 172 valence electrons. The summed E-state index contributed by atoms with van der Waals surface area (Å²) in [6.45, 7) is 4.05. The van der Waals surface area contributed by atoms with E-state index < -0.39 is 6.04 Å². The van der Waals surface area contributed by atoms with Gasteiger partial charge < -0.3 is 5.32 Å². The minimum atomic E-state index is -0.529. The second-order valence-electron chi connectivity index (χ2n) is 7.96.